The standard InChI is InChI=1S/C14H18N2O3/c1-14(2,12(17)18)9-15-13(19)16-7-10-5-3-4-6-11(10)8-16/h3-6H,7-9H2,1-2H3,(H,15,19)(H,17,18). The highest BCUT2D eigenvalue weighted by Gasteiger charge is 2.29. The Morgan fingerprint density at radius 3 is 2.26 bits per heavy atom. The summed E-state index contributed by atoms with van der Waals surface area (Å²) < 4.78 is 0. The molecule has 2 amide bonds. The SMILES string of the molecule is CC(C)(CNC(=O)N1Cc2ccccc2C1)C(=O)O. The summed E-state index contributed by atoms with van der Waals surface area (Å²) in [6.07, 6.45) is 0. The highest BCUT2D eigenvalue weighted by molar-refractivity contribution is 5.78. The van der Waals surface area contributed by atoms with Crippen LogP contribution in [0.15, 0.2) is 24.3 Å². The quantitative estimate of drug-likeness (QED) is 0.873. The van der Waals surface area contributed by atoms with Gasteiger partial charge in [-0.2, -0.15) is 0 Å². The molecule has 0 radical (unpaired) electrons. The third kappa shape index (κ3) is 2.86. The summed E-state index contributed by atoms with van der Waals surface area (Å²) in [4.78, 5) is 24.7. The zero-order valence-corrected chi connectivity index (χ0v) is 11.1. The molecule has 1 aromatic rings. The van der Waals surface area contributed by atoms with Gasteiger partial charge in [-0.15, -0.1) is 0 Å². The monoisotopic (exact) mass is 262 g/mol. The molecule has 1 aliphatic rings. The molecular formula is C14H18N2O3. The Hall–Kier alpha value is -2.04. The van der Waals surface area contributed by atoms with Crippen LogP contribution in [0.5, 0.6) is 0 Å². The lowest BCUT2D eigenvalue weighted by molar-refractivity contribution is -0.146. The van der Waals surface area contributed by atoms with Gasteiger partial charge in [-0.1, -0.05) is 24.3 Å². The maximum Gasteiger partial charge on any atom is 0.318 e. The van der Waals surface area contributed by atoms with Crippen molar-refractivity contribution < 1.29 is 14.7 Å². The lowest BCUT2D eigenvalue weighted by atomic mass is 9.94. The summed E-state index contributed by atoms with van der Waals surface area (Å²) in [5.41, 5.74) is 1.34. The summed E-state index contributed by atoms with van der Waals surface area (Å²) in [5, 5.41) is 11.7. The topological polar surface area (TPSA) is 69.6 Å². The number of nitrogens with one attached hydrogen (secondary N) is 1. The predicted molar refractivity (Wildman–Crippen MR) is 70.5 cm³/mol. The van der Waals surface area contributed by atoms with Crippen molar-refractivity contribution in [3.8, 4) is 0 Å². The lowest BCUT2D eigenvalue weighted by Crippen LogP contribution is -2.43. The van der Waals surface area contributed by atoms with Crippen LogP contribution < -0.4 is 5.32 Å². The van der Waals surface area contributed by atoms with E-state index < -0.39 is 11.4 Å². The van der Waals surface area contributed by atoms with E-state index in [1.807, 2.05) is 24.3 Å². The minimum atomic E-state index is -0.956. The smallest absolute Gasteiger partial charge is 0.318 e. The Morgan fingerprint density at radius 1 is 1.26 bits per heavy atom. The van der Waals surface area contributed by atoms with Crippen LogP contribution in [0.2, 0.25) is 0 Å². The summed E-state index contributed by atoms with van der Waals surface area (Å²) in [6.45, 7) is 4.46. The fourth-order valence-electron chi connectivity index (χ4n) is 1.96. The van der Waals surface area contributed by atoms with Crippen LogP contribution in [-0.4, -0.2) is 28.6 Å². The van der Waals surface area contributed by atoms with Crippen molar-refractivity contribution in [3.05, 3.63) is 35.4 Å². The maximum atomic E-state index is 12.0. The summed E-state index contributed by atoms with van der Waals surface area (Å²) in [5.74, 6) is -0.919. The first-order valence-electron chi connectivity index (χ1n) is 6.23. The van der Waals surface area contributed by atoms with Crippen molar-refractivity contribution in [3.63, 3.8) is 0 Å². The first-order valence-corrected chi connectivity index (χ1v) is 6.23. The molecular weight excluding hydrogens is 244 g/mol. The molecule has 0 aliphatic carbocycles. The number of hydrogen-bond acceptors (Lipinski definition) is 2. The largest absolute Gasteiger partial charge is 0.481 e. The lowest BCUT2D eigenvalue weighted by Gasteiger charge is -2.22. The van der Waals surface area contributed by atoms with E-state index in [1.54, 1.807) is 18.7 Å². The molecule has 0 saturated carbocycles. The zero-order valence-electron chi connectivity index (χ0n) is 11.1. The van der Waals surface area contributed by atoms with Gasteiger partial charge < -0.3 is 15.3 Å². The number of fused-ring (bicyclic) bond motifs is 1. The minimum absolute atomic E-state index is 0.119. The number of carbonyl (C=O) groups excluding carboxylic acids is 1. The van der Waals surface area contributed by atoms with Crippen LogP contribution in [0.4, 0.5) is 4.79 Å². The first kappa shape index (κ1) is 13.4. The number of amides is 2. The Balaban J connectivity index is 1.92. The van der Waals surface area contributed by atoms with Gasteiger partial charge in [0.2, 0.25) is 0 Å². The van der Waals surface area contributed by atoms with Crippen molar-refractivity contribution in [2.24, 2.45) is 5.41 Å². The minimum Gasteiger partial charge on any atom is -0.481 e. The van der Waals surface area contributed by atoms with E-state index in [0.29, 0.717) is 13.1 Å². The van der Waals surface area contributed by atoms with E-state index in [-0.39, 0.29) is 12.6 Å². The van der Waals surface area contributed by atoms with Crippen LogP contribution in [0.1, 0.15) is 25.0 Å². The van der Waals surface area contributed by atoms with Crippen molar-refractivity contribution in [1.29, 1.82) is 0 Å². The number of carboxylic acids is 1. The van der Waals surface area contributed by atoms with Gasteiger partial charge in [-0.25, -0.2) is 4.79 Å². The highest BCUT2D eigenvalue weighted by Crippen LogP contribution is 2.22. The average Bonchev–Trinajstić information content (AvgIpc) is 2.79. The van der Waals surface area contributed by atoms with Crippen molar-refractivity contribution >= 4 is 12.0 Å². The molecule has 19 heavy (non-hydrogen) atoms. The van der Waals surface area contributed by atoms with E-state index >= 15 is 0 Å². The molecule has 0 unspecified atom stereocenters. The van der Waals surface area contributed by atoms with Crippen LogP contribution in [-0.2, 0) is 17.9 Å². The maximum absolute atomic E-state index is 12.0. The van der Waals surface area contributed by atoms with E-state index in [4.69, 9.17) is 5.11 Å². The molecule has 5 nitrogen and oxygen atoms in total. The molecule has 0 fully saturated rings. The molecule has 2 rings (SSSR count). The molecule has 1 aromatic carbocycles. The van der Waals surface area contributed by atoms with Crippen LogP contribution in [0.3, 0.4) is 0 Å². The van der Waals surface area contributed by atoms with Gasteiger partial charge in [0.15, 0.2) is 0 Å². The van der Waals surface area contributed by atoms with Gasteiger partial charge in [0.25, 0.3) is 0 Å². The molecule has 1 heterocycles. The van der Waals surface area contributed by atoms with Crippen molar-refractivity contribution in [2.75, 3.05) is 6.54 Å². The summed E-state index contributed by atoms with van der Waals surface area (Å²) >= 11 is 0. The van der Waals surface area contributed by atoms with E-state index in [2.05, 4.69) is 5.32 Å². The van der Waals surface area contributed by atoms with Crippen molar-refractivity contribution in [1.82, 2.24) is 10.2 Å². The van der Waals surface area contributed by atoms with E-state index in [9.17, 15) is 9.59 Å². The van der Waals surface area contributed by atoms with Crippen LogP contribution >= 0.6 is 0 Å². The Bertz CT molecular complexity index is 486. The van der Waals surface area contributed by atoms with Gasteiger partial charge in [0.05, 0.1) is 5.41 Å². The third-order valence-electron chi connectivity index (χ3n) is 3.39. The number of carbonyl (C=O) groups is 2. The normalized spacial score (nSPS) is 14.1. The Kier molecular flexibility index (Phi) is 3.46. The fraction of sp³-hybridized carbons (Fsp3) is 0.429. The van der Waals surface area contributed by atoms with E-state index in [0.717, 1.165) is 11.1 Å². The molecule has 0 saturated heterocycles. The number of urea groups is 1. The molecule has 2 N–H and O–H groups in total. The van der Waals surface area contributed by atoms with Gasteiger partial charge in [-0.3, -0.25) is 4.79 Å². The fourth-order valence-corrected chi connectivity index (χ4v) is 1.96. The molecule has 102 valence electrons. The number of rotatable bonds is 3. The molecule has 0 spiro atoms. The van der Waals surface area contributed by atoms with Crippen LogP contribution in [0, 0.1) is 5.41 Å². The third-order valence-corrected chi connectivity index (χ3v) is 3.39. The number of benzene rings is 1. The van der Waals surface area contributed by atoms with Gasteiger partial charge in [0.1, 0.15) is 0 Å². The summed E-state index contributed by atoms with van der Waals surface area (Å²) in [7, 11) is 0. The Morgan fingerprint density at radius 2 is 1.79 bits per heavy atom. The Labute approximate surface area is 112 Å². The molecule has 0 aromatic heterocycles. The van der Waals surface area contributed by atoms with E-state index in [1.165, 1.54) is 0 Å². The second-order valence-electron chi connectivity index (χ2n) is 5.47. The molecule has 5 heteroatoms. The highest BCUT2D eigenvalue weighted by atomic mass is 16.4. The number of hydrogen-bond donors (Lipinski definition) is 2. The van der Waals surface area contributed by atoms with Gasteiger partial charge in [-0.05, 0) is 25.0 Å². The van der Waals surface area contributed by atoms with Crippen molar-refractivity contribution in [2.45, 2.75) is 26.9 Å². The number of aliphatic carboxylic acids is 1. The average molecular weight is 262 g/mol. The van der Waals surface area contributed by atoms with Gasteiger partial charge >= 0.3 is 12.0 Å². The molecule has 1 aliphatic heterocycles. The molecule has 0 atom stereocenters. The zero-order chi connectivity index (χ0) is 14.0. The predicted octanol–water partition coefficient (Wildman–Crippen LogP) is 1.82. The second kappa shape index (κ2) is 4.91. The number of carboxylic acid groups (broad SMARTS) is 1. The first-order chi connectivity index (χ1) is 8.90. The second-order valence-corrected chi connectivity index (χ2v) is 5.47. The number of nitrogens with zero attached hydrogens (tertiary/aromatic N) is 1. The molecule has 0 bridgehead atoms. The summed E-state index contributed by atoms with van der Waals surface area (Å²) in [6, 6.07) is 7.69. The van der Waals surface area contributed by atoms with Gasteiger partial charge in [0, 0.05) is 19.6 Å². The van der Waals surface area contributed by atoms with Crippen LogP contribution in [0.25, 0.3) is 0 Å².